The zero-order chi connectivity index (χ0) is 34.1. The van der Waals surface area contributed by atoms with Crippen molar-refractivity contribution in [3.8, 4) is 0 Å². The molecule has 0 spiro atoms. The Balaban J connectivity index is 2.03. The number of amides is 1. The second kappa shape index (κ2) is 17.1. The van der Waals surface area contributed by atoms with E-state index in [0.29, 0.717) is 13.0 Å². The first-order valence-electron chi connectivity index (χ1n) is 12.7. The van der Waals surface area contributed by atoms with Crippen LogP contribution in [0.1, 0.15) is 44.9 Å². The Labute approximate surface area is 263 Å². The minimum Gasteiger partial charge on any atom is -0.364 e. The summed E-state index contributed by atoms with van der Waals surface area (Å²) in [5, 5.41) is 6.16. The summed E-state index contributed by atoms with van der Waals surface area (Å²) in [5.41, 5.74) is 7.04. The Kier molecular flexibility index (Phi) is 15.0. The molecule has 1 aromatic heterocycles. The largest absolute Gasteiger partial charge is 0.490 e. The predicted molar refractivity (Wildman–Crippen MR) is 160 cm³/mol. The molecule has 1 aromatic rings. The Morgan fingerprint density at radius 3 is 2.58 bits per heavy atom. The van der Waals surface area contributed by atoms with Crippen molar-refractivity contribution in [1.82, 2.24) is 14.9 Å². The molecular weight excluding hydrogens is 709 g/mol. The first-order chi connectivity index (χ1) is 20.7. The predicted octanol–water partition coefficient (Wildman–Crippen LogP) is 2.19. The van der Waals surface area contributed by atoms with E-state index in [2.05, 4.69) is 28.9 Å². The van der Waals surface area contributed by atoms with Crippen molar-refractivity contribution in [2.24, 2.45) is 5.11 Å². The fraction of sp³-hybridized carbons (Fsp3) is 0.737. The molecule has 1 aliphatic heterocycles. The smallest absolute Gasteiger partial charge is 0.364 e. The number of nitrogens with zero attached hydrogens (tertiary/aromatic N) is 4. The number of phosphoric ester groups is 1. The van der Waals surface area contributed by atoms with Crippen molar-refractivity contribution >= 4 is 51.0 Å². The number of ether oxygens (including phenoxy) is 2. The normalized spacial score (nSPS) is 21.4. The van der Waals surface area contributed by atoms with E-state index in [1.165, 1.54) is 34.7 Å². The molecular formula is C19H33N6O15P3S2. The fourth-order valence-corrected chi connectivity index (χ4v) is 8.75. The van der Waals surface area contributed by atoms with Crippen molar-refractivity contribution < 1.29 is 60.7 Å². The summed E-state index contributed by atoms with van der Waals surface area (Å²) in [6, 6.07) is 0. The number of hydrogen-bond acceptors (Lipinski definition) is 14. The molecule has 0 bridgehead atoms. The van der Waals surface area contributed by atoms with E-state index >= 15 is 0 Å². The third kappa shape index (κ3) is 14.9. The highest BCUT2D eigenvalue weighted by Gasteiger charge is 2.43. The molecule has 0 saturated carbocycles. The molecule has 256 valence electrons. The van der Waals surface area contributed by atoms with Crippen LogP contribution in [0.4, 0.5) is 0 Å². The lowest BCUT2D eigenvalue weighted by Gasteiger charge is -2.24. The number of aromatic nitrogens is 2. The van der Waals surface area contributed by atoms with Crippen molar-refractivity contribution in [2.45, 2.75) is 63.2 Å². The summed E-state index contributed by atoms with van der Waals surface area (Å²) in [7, 11) is -14.2. The van der Waals surface area contributed by atoms with E-state index in [9.17, 15) is 37.9 Å². The van der Waals surface area contributed by atoms with Gasteiger partial charge < -0.3 is 34.4 Å². The zero-order valence-corrected chi connectivity index (χ0v) is 28.3. The maximum Gasteiger partial charge on any atom is 0.490 e. The van der Waals surface area contributed by atoms with Crippen LogP contribution in [0, 0.1) is 6.92 Å². The van der Waals surface area contributed by atoms with Crippen LogP contribution in [-0.4, -0.2) is 77.6 Å². The third-order valence-corrected chi connectivity index (χ3v) is 12.2. The lowest BCUT2D eigenvalue weighted by Crippen LogP contribution is -2.35. The molecule has 1 amide bonds. The summed E-state index contributed by atoms with van der Waals surface area (Å²) in [4.78, 5) is 77.5. The quantitative estimate of drug-likeness (QED) is 0.0225. The minimum absolute atomic E-state index is 0.0141. The van der Waals surface area contributed by atoms with Crippen molar-refractivity contribution in [1.29, 1.82) is 0 Å². The SMILES string of the molecule is Cc1cn([C@H]2C[C@@H](OCSSC(C)(C)CNC(=O)CCCN=[N+]=[N-])[C@@H](COP(=O)(O)OP(=O)(O)OP(=O)(O)O)O2)c(=O)[nH]c1=O. The van der Waals surface area contributed by atoms with Gasteiger partial charge in [-0.05, 0) is 32.7 Å². The molecule has 2 rings (SSSR count). The highest BCUT2D eigenvalue weighted by atomic mass is 33.1. The van der Waals surface area contributed by atoms with Crippen LogP contribution in [0.5, 0.6) is 0 Å². The molecule has 6 N–H and O–H groups in total. The first kappa shape index (κ1) is 39.7. The number of carbonyl (C=O) groups is 1. The maximum atomic E-state index is 12.4. The molecule has 0 aromatic carbocycles. The van der Waals surface area contributed by atoms with E-state index in [1.54, 1.807) is 0 Å². The summed E-state index contributed by atoms with van der Waals surface area (Å²) < 4.78 is 59.1. The number of aromatic amines is 1. The molecule has 2 unspecified atom stereocenters. The Morgan fingerprint density at radius 1 is 1.24 bits per heavy atom. The lowest BCUT2D eigenvalue weighted by molar-refractivity contribution is -0.121. The van der Waals surface area contributed by atoms with Crippen LogP contribution in [0.2, 0.25) is 0 Å². The second-order valence-corrected chi connectivity index (χ2v) is 17.2. The third-order valence-electron chi connectivity index (χ3n) is 5.51. The lowest BCUT2D eigenvalue weighted by atomic mass is 10.2. The number of carbonyl (C=O) groups excluding carboxylic acids is 1. The minimum atomic E-state index is -5.75. The molecule has 1 fully saturated rings. The first-order valence-corrected chi connectivity index (χ1v) is 19.5. The maximum absolute atomic E-state index is 12.4. The molecule has 21 nitrogen and oxygen atoms in total. The number of rotatable bonds is 19. The van der Waals surface area contributed by atoms with Crippen LogP contribution in [0.3, 0.4) is 0 Å². The van der Waals surface area contributed by atoms with Gasteiger partial charge in [-0.2, -0.15) is 8.62 Å². The molecule has 1 saturated heterocycles. The van der Waals surface area contributed by atoms with E-state index in [-0.39, 0.29) is 36.8 Å². The average Bonchev–Trinajstić information content (AvgIpc) is 3.29. The van der Waals surface area contributed by atoms with Crippen LogP contribution in [-0.2, 0) is 41.1 Å². The number of H-pyrrole nitrogens is 1. The number of hydrogen-bond donors (Lipinski definition) is 6. The van der Waals surface area contributed by atoms with E-state index in [4.69, 9.17) is 29.3 Å². The molecule has 5 atom stereocenters. The van der Waals surface area contributed by atoms with E-state index < -0.39 is 64.5 Å². The van der Waals surface area contributed by atoms with Gasteiger partial charge in [-0.25, -0.2) is 18.5 Å². The number of aryl methyl sites for hydroxylation is 1. The van der Waals surface area contributed by atoms with Gasteiger partial charge in [-0.3, -0.25) is 23.7 Å². The van der Waals surface area contributed by atoms with Gasteiger partial charge in [0.15, 0.2) is 0 Å². The van der Waals surface area contributed by atoms with Gasteiger partial charge in [-0.15, -0.1) is 0 Å². The van der Waals surface area contributed by atoms with Gasteiger partial charge in [0, 0.05) is 47.4 Å². The van der Waals surface area contributed by atoms with Gasteiger partial charge in [-0.1, -0.05) is 26.7 Å². The Hall–Kier alpha value is -1.51. The topological polar surface area (TPSA) is 311 Å². The number of azide groups is 1. The van der Waals surface area contributed by atoms with Crippen LogP contribution in [0.25, 0.3) is 10.4 Å². The summed E-state index contributed by atoms with van der Waals surface area (Å²) in [5.74, 6) is -0.195. The number of phosphoric acid groups is 3. The second-order valence-electron chi connectivity index (χ2n) is 9.85. The highest BCUT2D eigenvalue weighted by molar-refractivity contribution is 8.77. The van der Waals surface area contributed by atoms with Crippen LogP contribution in [0.15, 0.2) is 20.9 Å². The molecule has 26 heteroatoms. The van der Waals surface area contributed by atoms with Gasteiger partial charge >= 0.3 is 29.2 Å². The van der Waals surface area contributed by atoms with Gasteiger partial charge in [0.1, 0.15) is 18.3 Å². The molecule has 2 heterocycles. The molecule has 0 radical (unpaired) electrons. The monoisotopic (exact) mass is 742 g/mol. The van der Waals surface area contributed by atoms with Crippen molar-refractivity contribution in [3.63, 3.8) is 0 Å². The van der Waals surface area contributed by atoms with Crippen molar-refractivity contribution in [2.75, 3.05) is 25.6 Å². The average molecular weight is 743 g/mol. The number of nitrogens with one attached hydrogen (secondary N) is 2. The van der Waals surface area contributed by atoms with Gasteiger partial charge in [0.05, 0.1) is 12.7 Å². The zero-order valence-electron chi connectivity index (χ0n) is 24.0. The molecule has 45 heavy (non-hydrogen) atoms. The van der Waals surface area contributed by atoms with Gasteiger partial charge in [0.25, 0.3) is 5.56 Å². The molecule has 1 aliphatic rings. The van der Waals surface area contributed by atoms with Gasteiger partial charge in [0.2, 0.25) is 5.91 Å². The Bertz CT molecular complexity index is 1500. The summed E-state index contributed by atoms with van der Waals surface area (Å²) in [6.45, 7) is 4.88. The van der Waals surface area contributed by atoms with E-state index in [1.807, 2.05) is 13.8 Å². The van der Waals surface area contributed by atoms with Crippen molar-refractivity contribution in [3.05, 3.63) is 43.0 Å². The Morgan fingerprint density at radius 2 is 1.93 bits per heavy atom. The standard InChI is InChI=1S/C19H33N6O15P3S2/c1-12-8-25(18(28)23-17(12)27)16-7-13(14(38-16)9-37-42(32,33)40-43(34,35)39-41(29,30)31)36-11-44-45-19(2,3)10-21-15(26)5-4-6-22-24-20/h8,13-14,16H,4-7,9-11H2,1-3H3,(H,21,26)(H,32,33)(H,34,35)(H,23,27,28)(H2,29,30,31)/t13-,14-,16-/m1/s1. The highest BCUT2D eigenvalue weighted by Crippen LogP contribution is 2.66. The molecule has 0 aliphatic carbocycles. The van der Waals surface area contributed by atoms with Crippen LogP contribution < -0.4 is 16.6 Å². The summed E-state index contributed by atoms with van der Waals surface area (Å²) >= 11 is 0. The summed E-state index contributed by atoms with van der Waals surface area (Å²) in [6.07, 6.45) is -1.32. The van der Waals surface area contributed by atoms with Crippen LogP contribution >= 0.6 is 45.1 Å². The fourth-order valence-electron chi connectivity index (χ4n) is 3.55. The van der Waals surface area contributed by atoms with E-state index in [0.717, 1.165) is 4.57 Å².